The third kappa shape index (κ3) is 3.99. The Morgan fingerprint density at radius 3 is 2.36 bits per heavy atom. The average Bonchev–Trinajstić information content (AvgIpc) is 3.10. The highest BCUT2D eigenvalue weighted by Crippen LogP contribution is 2.36. The molecule has 0 aromatic heterocycles. The topological polar surface area (TPSA) is 77.1 Å². The molecule has 1 aliphatic heterocycles. The fourth-order valence-corrected chi connectivity index (χ4v) is 3.32. The number of benzene rings is 2. The van der Waals surface area contributed by atoms with E-state index in [9.17, 15) is 9.59 Å². The molecule has 1 N–H and O–H groups in total. The van der Waals surface area contributed by atoms with Crippen LogP contribution >= 0.6 is 11.6 Å². The number of rotatable bonds is 6. The zero-order valence-electron chi connectivity index (χ0n) is 15.8. The molecule has 1 heterocycles. The molecule has 0 radical (unpaired) electrons. The molecule has 1 aliphatic rings. The van der Waals surface area contributed by atoms with Gasteiger partial charge in [-0.25, -0.2) is 0 Å². The Balaban J connectivity index is 1.74. The normalized spacial score (nSPS) is 16.1. The minimum absolute atomic E-state index is 0.106. The Bertz CT molecular complexity index is 885. The lowest BCUT2D eigenvalue weighted by atomic mass is 10.1. The second-order valence-corrected chi connectivity index (χ2v) is 6.69. The molecule has 2 amide bonds. The van der Waals surface area contributed by atoms with Gasteiger partial charge in [0.05, 0.1) is 38.0 Å². The van der Waals surface area contributed by atoms with Gasteiger partial charge < -0.3 is 24.4 Å². The van der Waals surface area contributed by atoms with Crippen molar-refractivity contribution in [1.29, 1.82) is 0 Å². The molecule has 28 heavy (non-hydrogen) atoms. The number of carbonyl (C=O) groups excluding carboxylic acids is 2. The molecule has 8 heteroatoms. The van der Waals surface area contributed by atoms with Gasteiger partial charge in [-0.3, -0.25) is 9.59 Å². The van der Waals surface area contributed by atoms with Crippen molar-refractivity contribution >= 4 is 34.8 Å². The summed E-state index contributed by atoms with van der Waals surface area (Å²) >= 11 is 6.09. The maximum Gasteiger partial charge on any atom is 0.229 e. The van der Waals surface area contributed by atoms with Crippen molar-refractivity contribution in [3.8, 4) is 17.2 Å². The Morgan fingerprint density at radius 1 is 1.07 bits per heavy atom. The van der Waals surface area contributed by atoms with Crippen LogP contribution in [0.1, 0.15) is 6.42 Å². The predicted octanol–water partition coefficient (Wildman–Crippen LogP) is 3.36. The number of nitrogens with one attached hydrogen (secondary N) is 1. The standard InChI is InChI=1S/C20H21ClN2O5/c1-26-14-6-4-13(5-7-14)23-11-12(8-19(23)24)20(25)22-16-10-17(27-2)15(21)9-18(16)28-3/h4-7,9-10,12H,8,11H2,1-3H3,(H,22,25)/t12-/m1/s1. The lowest BCUT2D eigenvalue weighted by molar-refractivity contribution is -0.122. The van der Waals surface area contributed by atoms with Crippen molar-refractivity contribution in [2.45, 2.75) is 6.42 Å². The maximum atomic E-state index is 12.8. The first-order chi connectivity index (χ1) is 13.5. The van der Waals surface area contributed by atoms with Gasteiger partial charge in [0, 0.05) is 30.8 Å². The zero-order chi connectivity index (χ0) is 20.3. The van der Waals surface area contributed by atoms with Crippen LogP contribution in [0.5, 0.6) is 17.2 Å². The predicted molar refractivity (Wildman–Crippen MR) is 107 cm³/mol. The summed E-state index contributed by atoms with van der Waals surface area (Å²) in [5, 5.41) is 3.19. The first-order valence-electron chi connectivity index (χ1n) is 8.63. The van der Waals surface area contributed by atoms with Gasteiger partial charge in [-0.2, -0.15) is 0 Å². The number of halogens is 1. The van der Waals surface area contributed by atoms with E-state index in [2.05, 4.69) is 5.32 Å². The van der Waals surface area contributed by atoms with E-state index >= 15 is 0 Å². The van der Waals surface area contributed by atoms with E-state index in [0.717, 1.165) is 5.69 Å². The van der Waals surface area contributed by atoms with E-state index in [-0.39, 0.29) is 18.2 Å². The van der Waals surface area contributed by atoms with E-state index in [1.165, 1.54) is 14.2 Å². The van der Waals surface area contributed by atoms with Crippen LogP contribution in [0, 0.1) is 5.92 Å². The van der Waals surface area contributed by atoms with Gasteiger partial charge in [0.25, 0.3) is 0 Å². The SMILES string of the molecule is COc1ccc(N2C[C@H](C(=O)Nc3cc(OC)c(Cl)cc3OC)CC2=O)cc1. The van der Waals surface area contributed by atoms with Crippen LogP contribution in [0.4, 0.5) is 11.4 Å². The van der Waals surface area contributed by atoms with E-state index < -0.39 is 5.92 Å². The van der Waals surface area contributed by atoms with Gasteiger partial charge >= 0.3 is 0 Å². The van der Waals surface area contributed by atoms with Gasteiger partial charge in [-0.05, 0) is 24.3 Å². The average molecular weight is 405 g/mol. The van der Waals surface area contributed by atoms with E-state index in [0.29, 0.717) is 34.5 Å². The Hall–Kier alpha value is -2.93. The van der Waals surface area contributed by atoms with Gasteiger partial charge in [0.2, 0.25) is 11.8 Å². The van der Waals surface area contributed by atoms with Crippen LogP contribution in [-0.2, 0) is 9.59 Å². The van der Waals surface area contributed by atoms with E-state index in [4.69, 9.17) is 25.8 Å². The minimum Gasteiger partial charge on any atom is -0.497 e. The summed E-state index contributed by atoms with van der Waals surface area (Å²) in [5.74, 6) is 0.670. The van der Waals surface area contributed by atoms with Crippen LogP contribution < -0.4 is 24.4 Å². The number of methoxy groups -OCH3 is 3. The lowest BCUT2D eigenvalue weighted by Crippen LogP contribution is -2.28. The first-order valence-corrected chi connectivity index (χ1v) is 9.01. The summed E-state index contributed by atoms with van der Waals surface area (Å²) in [7, 11) is 4.55. The Kier molecular flexibility index (Phi) is 5.94. The fraction of sp³-hybridized carbons (Fsp3) is 0.300. The molecule has 3 rings (SSSR count). The molecule has 7 nitrogen and oxygen atoms in total. The Morgan fingerprint density at radius 2 is 1.75 bits per heavy atom. The number of anilines is 2. The van der Waals surface area contributed by atoms with Crippen molar-refractivity contribution in [2.24, 2.45) is 5.92 Å². The quantitative estimate of drug-likeness (QED) is 0.798. The number of amides is 2. The second-order valence-electron chi connectivity index (χ2n) is 6.28. The third-order valence-electron chi connectivity index (χ3n) is 4.61. The largest absolute Gasteiger partial charge is 0.497 e. The van der Waals surface area contributed by atoms with Gasteiger partial charge in [-0.1, -0.05) is 11.6 Å². The number of hydrogen-bond donors (Lipinski definition) is 1. The summed E-state index contributed by atoms with van der Waals surface area (Å²) < 4.78 is 15.6. The molecule has 2 aromatic rings. The monoisotopic (exact) mass is 404 g/mol. The number of hydrogen-bond acceptors (Lipinski definition) is 5. The minimum atomic E-state index is -0.485. The van der Waals surface area contributed by atoms with Crippen molar-refractivity contribution in [2.75, 3.05) is 38.1 Å². The van der Waals surface area contributed by atoms with E-state index in [1.54, 1.807) is 48.4 Å². The summed E-state index contributed by atoms with van der Waals surface area (Å²) in [4.78, 5) is 26.8. The summed E-state index contributed by atoms with van der Waals surface area (Å²) in [6, 6.07) is 10.3. The second kappa shape index (κ2) is 8.39. The van der Waals surface area contributed by atoms with Gasteiger partial charge in [-0.15, -0.1) is 0 Å². The van der Waals surface area contributed by atoms with Crippen LogP contribution in [0.15, 0.2) is 36.4 Å². The molecule has 148 valence electrons. The molecule has 1 atom stereocenters. The van der Waals surface area contributed by atoms with Crippen LogP contribution in [0.3, 0.4) is 0 Å². The smallest absolute Gasteiger partial charge is 0.229 e. The number of nitrogens with zero attached hydrogens (tertiary/aromatic N) is 1. The molecule has 0 aliphatic carbocycles. The fourth-order valence-electron chi connectivity index (χ4n) is 3.09. The molecular weight excluding hydrogens is 384 g/mol. The van der Waals surface area contributed by atoms with Crippen LogP contribution in [0.25, 0.3) is 0 Å². The maximum absolute atomic E-state index is 12.8. The molecule has 2 aromatic carbocycles. The van der Waals surface area contributed by atoms with Crippen LogP contribution in [0.2, 0.25) is 5.02 Å². The molecule has 0 unspecified atom stereocenters. The summed E-state index contributed by atoms with van der Waals surface area (Å²) in [6.07, 6.45) is 0.130. The van der Waals surface area contributed by atoms with Crippen LogP contribution in [-0.4, -0.2) is 39.7 Å². The molecule has 1 fully saturated rings. The van der Waals surface area contributed by atoms with Crippen molar-refractivity contribution in [3.63, 3.8) is 0 Å². The number of carbonyl (C=O) groups is 2. The van der Waals surface area contributed by atoms with Gasteiger partial charge in [0.1, 0.15) is 17.2 Å². The Labute approximate surface area is 168 Å². The first kappa shape index (κ1) is 19.8. The summed E-state index contributed by atoms with van der Waals surface area (Å²) in [6.45, 7) is 0.296. The van der Waals surface area contributed by atoms with Crippen molar-refractivity contribution < 1.29 is 23.8 Å². The summed E-state index contributed by atoms with van der Waals surface area (Å²) in [5.41, 5.74) is 1.16. The third-order valence-corrected chi connectivity index (χ3v) is 4.91. The van der Waals surface area contributed by atoms with E-state index in [1.807, 2.05) is 0 Å². The molecular formula is C20H21ClN2O5. The molecule has 0 spiro atoms. The molecule has 0 saturated carbocycles. The molecule has 1 saturated heterocycles. The highest BCUT2D eigenvalue weighted by atomic mass is 35.5. The van der Waals surface area contributed by atoms with Crippen molar-refractivity contribution in [1.82, 2.24) is 0 Å². The van der Waals surface area contributed by atoms with Crippen molar-refractivity contribution in [3.05, 3.63) is 41.4 Å². The zero-order valence-corrected chi connectivity index (χ0v) is 16.6. The lowest BCUT2D eigenvalue weighted by Gasteiger charge is -2.18. The number of ether oxygens (including phenoxy) is 3. The highest BCUT2D eigenvalue weighted by molar-refractivity contribution is 6.32. The highest BCUT2D eigenvalue weighted by Gasteiger charge is 2.35. The molecule has 0 bridgehead atoms. The van der Waals surface area contributed by atoms with Gasteiger partial charge in [0.15, 0.2) is 0 Å².